The average Bonchev–Trinajstić information content (AvgIpc) is 2.50. The first-order valence-electron chi connectivity index (χ1n) is 5.75. The Morgan fingerprint density at radius 1 is 1.50 bits per heavy atom. The Morgan fingerprint density at radius 3 is 3.00 bits per heavy atom. The Balaban J connectivity index is 2.14. The summed E-state index contributed by atoms with van der Waals surface area (Å²) < 4.78 is 0. The summed E-state index contributed by atoms with van der Waals surface area (Å²) in [6, 6.07) is 4.09. The van der Waals surface area contributed by atoms with E-state index in [1.807, 2.05) is 6.07 Å². The predicted molar refractivity (Wildman–Crippen MR) is 68.7 cm³/mol. The number of hydrogen-bond donors (Lipinski definition) is 1. The lowest BCUT2D eigenvalue weighted by Crippen LogP contribution is -2.22. The highest BCUT2D eigenvalue weighted by Gasteiger charge is 2.17. The van der Waals surface area contributed by atoms with Crippen LogP contribution in [0.5, 0.6) is 0 Å². The summed E-state index contributed by atoms with van der Waals surface area (Å²) in [5.41, 5.74) is 6.41. The van der Waals surface area contributed by atoms with Gasteiger partial charge in [-0.2, -0.15) is 5.26 Å². The summed E-state index contributed by atoms with van der Waals surface area (Å²) >= 11 is 1.52. The predicted octanol–water partition coefficient (Wildman–Crippen LogP) is 2.83. The maximum Gasteiger partial charge on any atom is 0.129 e. The second-order valence-corrected chi connectivity index (χ2v) is 5.53. The third-order valence-electron chi connectivity index (χ3n) is 3.18. The standard InChI is InChI=1S/C12H17N3S/c1-9-3-2-5-15(6-4-9)12-7-10(14)11(8-13)16-12/h7,9H,2-6,14H2,1H3. The number of nitrogen functional groups attached to an aromatic ring is 1. The molecular formula is C12H17N3S. The molecule has 1 aliphatic heterocycles. The molecule has 2 rings (SSSR count). The van der Waals surface area contributed by atoms with Crippen molar-refractivity contribution in [1.82, 2.24) is 0 Å². The van der Waals surface area contributed by atoms with Crippen molar-refractivity contribution in [2.24, 2.45) is 5.92 Å². The van der Waals surface area contributed by atoms with E-state index in [1.165, 1.54) is 30.6 Å². The van der Waals surface area contributed by atoms with Crippen LogP contribution in [0.3, 0.4) is 0 Å². The second-order valence-electron chi connectivity index (χ2n) is 4.50. The smallest absolute Gasteiger partial charge is 0.129 e. The first-order valence-corrected chi connectivity index (χ1v) is 6.56. The minimum Gasteiger partial charge on any atom is -0.397 e. The van der Waals surface area contributed by atoms with Crippen molar-refractivity contribution in [3.63, 3.8) is 0 Å². The number of nitrogens with zero attached hydrogens (tertiary/aromatic N) is 2. The molecular weight excluding hydrogens is 218 g/mol. The minimum absolute atomic E-state index is 0.625. The minimum atomic E-state index is 0.625. The lowest BCUT2D eigenvalue weighted by Gasteiger charge is -2.20. The van der Waals surface area contributed by atoms with Gasteiger partial charge in [0.25, 0.3) is 0 Å². The van der Waals surface area contributed by atoms with E-state index in [1.54, 1.807) is 0 Å². The summed E-state index contributed by atoms with van der Waals surface area (Å²) in [6.07, 6.45) is 3.78. The van der Waals surface area contributed by atoms with E-state index in [0.29, 0.717) is 10.6 Å². The van der Waals surface area contributed by atoms with Gasteiger partial charge in [-0.15, -0.1) is 11.3 Å². The van der Waals surface area contributed by atoms with Gasteiger partial charge in [0.1, 0.15) is 10.9 Å². The lowest BCUT2D eigenvalue weighted by atomic mass is 10.0. The van der Waals surface area contributed by atoms with Gasteiger partial charge in [0.15, 0.2) is 0 Å². The molecule has 0 aromatic carbocycles. The first kappa shape index (κ1) is 11.3. The molecule has 1 saturated heterocycles. The van der Waals surface area contributed by atoms with Crippen LogP contribution >= 0.6 is 11.3 Å². The molecule has 0 saturated carbocycles. The molecule has 1 unspecified atom stereocenters. The van der Waals surface area contributed by atoms with Crippen molar-refractivity contribution in [2.75, 3.05) is 23.7 Å². The molecule has 2 heterocycles. The Kier molecular flexibility index (Phi) is 3.35. The van der Waals surface area contributed by atoms with Crippen LogP contribution < -0.4 is 10.6 Å². The monoisotopic (exact) mass is 235 g/mol. The van der Waals surface area contributed by atoms with Gasteiger partial charge in [0.05, 0.1) is 10.7 Å². The SMILES string of the molecule is CC1CCCN(c2cc(N)c(C#N)s2)CC1. The van der Waals surface area contributed by atoms with Crippen molar-refractivity contribution in [3.8, 4) is 6.07 Å². The van der Waals surface area contributed by atoms with Crippen molar-refractivity contribution in [2.45, 2.75) is 26.2 Å². The molecule has 1 atom stereocenters. The molecule has 86 valence electrons. The highest BCUT2D eigenvalue weighted by molar-refractivity contribution is 7.17. The molecule has 0 radical (unpaired) electrons. The van der Waals surface area contributed by atoms with Gasteiger partial charge < -0.3 is 10.6 Å². The van der Waals surface area contributed by atoms with E-state index in [-0.39, 0.29) is 0 Å². The van der Waals surface area contributed by atoms with Gasteiger partial charge in [-0.3, -0.25) is 0 Å². The molecule has 0 spiro atoms. The fourth-order valence-corrected chi connectivity index (χ4v) is 3.05. The molecule has 1 aliphatic rings. The molecule has 0 bridgehead atoms. The number of nitriles is 1. The van der Waals surface area contributed by atoms with Gasteiger partial charge in [-0.05, 0) is 31.2 Å². The average molecular weight is 235 g/mol. The lowest BCUT2D eigenvalue weighted by molar-refractivity contribution is 0.521. The van der Waals surface area contributed by atoms with Crippen molar-refractivity contribution >= 4 is 22.0 Å². The van der Waals surface area contributed by atoms with Crippen LogP contribution in [-0.4, -0.2) is 13.1 Å². The fraction of sp³-hybridized carbons (Fsp3) is 0.583. The molecule has 16 heavy (non-hydrogen) atoms. The highest BCUT2D eigenvalue weighted by Crippen LogP contribution is 2.33. The zero-order valence-electron chi connectivity index (χ0n) is 9.57. The van der Waals surface area contributed by atoms with Crippen LogP contribution in [-0.2, 0) is 0 Å². The Hall–Kier alpha value is -1.21. The van der Waals surface area contributed by atoms with Crippen molar-refractivity contribution < 1.29 is 0 Å². The third kappa shape index (κ3) is 2.30. The Bertz CT molecular complexity index is 405. The first-order chi connectivity index (χ1) is 7.70. The van der Waals surface area contributed by atoms with E-state index in [2.05, 4.69) is 17.9 Å². The largest absolute Gasteiger partial charge is 0.397 e. The molecule has 0 amide bonds. The maximum atomic E-state index is 8.89. The van der Waals surface area contributed by atoms with Gasteiger partial charge in [-0.1, -0.05) is 6.92 Å². The summed E-state index contributed by atoms with van der Waals surface area (Å²) in [6.45, 7) is 4.49. The third-order valence-corrected chi connectivity index (χ3v) is 4.29. The van der Waals surface area contributed by atoms with E-state index < -0.39 is 0 Å². The summed E-state index contributed by atoms with van der Waals surface area (Å²) in [7, 11) is 0. The van der Waals surface area contributed by atoms with E-state index in [9.17, 15) is 0 Å². The number of hydrogen-bond acceptors (Lipinski definition) is 4. The zero-order chi connectivity index (χ0) is 11.5. The summed E-state index contributed by atoms with van der Waals surface area (Å²) in [5, 5.41) is 10.0. The Morgan fingerprint density at radius 2 is 2.31 bits per heavy atom. The second kappa shape index (κ2) is 4.75. The van der Waals surface area contributed by atoms with Crippen LogP contribution in [0.15, 0.2) is 6.07 Å². The van der Waals surface area contributed by atoms with E-state index >= 15 is 0 Å². The molecule has 0 aliphatic carbocycles. The summed E-state index contributed by atoms with van der Waals surface area (Å²) in [4.78, 5) is 3.01. The fourth-order valence-electron chi connectivity index (χ4n) is 2.12. The van der Waals surface area contributed by atoms with Crippen LogP contribution in [0, 0.1) is 17.2 Å². The number of anilines is 2. The molecule has 1 fully saturated rings. The highest BCUT2D eigenvalue weighted by atomic mass is 32.1. The molecule has 1 aromatic rings. The van der Waals surface area contributed by atoms with Gasteiger partial charge in [0.2, 0.25) is 0 Å². The van der Waals surface area contributed by atoms with Gasteiger partial charge in [0, 0.05) is 13.1 Å². The maximum absolute atomic E-state index is 8.89. The Labute approximate surface area is 100 Å². The number of thiophene rings is 1. The van der Waals surface area contributed by atoms with Crippen LogP contribution in [0.25, 0.3) is 0 Å². The number of nitrogens with two attached hydrogens (primary N) is 1. The molecule has 1 aromatic heterocycles. The summed E-state index contributed by atoms with van der Waals surface area (Å²) in [5.74, 6) is 0.817. The van der Waals surface area contributed by atoms with Crippen LogP contribution in [0.4, 0.5) is 10.7 Å². The quantitative estimate of drug-likeness (QED) is 0.814. The van der Waals surface area contributed by atoms with Crippen LogP contribution in [0.1, 0.15) is 31.1 Å². The molecule has 4 heteroatoms. The van der Waals surface area contributed by atoms with Gasteiger partial charge in [-0.25, -0.2) is 0 Å². The topological polar surface area (TPSA) is 53.0 Å². The van der Waals surface area contributed by atoms with Crippen LogP contribution in [0.2, 0.25) is 0 Å². The van der Waals surface area contributed by atoms with E-state index in [0.717, 1.165) is 24.0 Å². The van der Waals surface area contributed by atoms with Crippen molar-refractivity contribution in [1.29, 1.82) is 5.26 Å². The van der Waals surface area contributed by atoms with Crippen molar-refractivity contribution in [3.05, 3.63) is 10.9 Å². The molecule has 2 N–H and O–H groups in total. The number of rotatable bonds is 1. The van der Waals surface area contributed by atoms with E-state index in [4.69, 9.17) is 11.0 Å². The normalized spacial score (nSPS) is 21.5. The zero-order valence-corrected chi connectivity index (χ0v) is 10.4. The molecule has 3 nitrogen and oxygen atoms in total. The van der Waals surface area contributed by atoms with Gasteiger partial charge >= 0.3 is 0 Å².